The lowest BCUT2D eigenvalue weighted by molar-refractivity contribution is -0.152. The van der Waals surface area contributed by atoms with Gasteiger partial charge in [-0.1, -0.05) is 20.3 Å². The molecule has 78 valence electrons. The van der Waals surface area contributed by atoms with E-state index in [1.165, 1.54) is 7.11 Å². The molecule has 0 saturated heterocycles. The Labute approximate surface area is 80.6 Å². The highest BCUT2D eigenvalue weighted by Crippen LogP contribution is 2.27. The van der Waals surface area contributed by atoms with E-state index in [9.17, 15) is 4.79 Å². The number of ether oxygens (including phenoxy) is 1. The molecule has 0 aromatic rings. The second-order valence-electron chi connectivity index (χ2n) is 3.97. The van der Waals surface area contributed by atoms with Crippen LogP contribution in [0.1, 0.15) is 33.6 Å². The number of methoxy groups -OCH3 is 1. The van der Waals surface area contributed by atoms with Crippen LogP contribution in [0.2, 0.25) is 0 Å². The van der Waals surface area contributed by atoms with E-state index in [0.29, 0.717) is 12.5 Å². The summed E-state index contributed by atoms with van der Waals surface area (Å²) in [6.45, 7) is 6.45. The molecule has 0 bridgehead atoms. The number of rotatable bonds is 5. The van der Waals surface area contributed by atoms with E-state index >= 15 is 0 Å². The molecule has 0 fully saturated rings. The Morgan fingerprint density at radius 3 is 2.46 bits per heavy atom. The number of carbonyl (C=O) groups excluding carboxylic acids is 1. The third-order valence-corrected chi connectivity index (χ3v) is 2.62. The maximum absolute atomic E-state index is 11.4. The molecule has 0 aromatic carbocycles. The Balaban J connectivity index is 4.35. The molecule has 0 radical (unpaired) electrons. The summed E-state index contributed by atoms with van der Waals surface area (Å²) in [5, 5.41) is 0. The maximum atomic E-state index is 11.4. The van der Waals surface area contributed by atoms with Gasteiger partial charge in [0.15, 0.2) is 0 Å². The number of nitrogens with two attached hydrogens (primary N) is 1. The minimum absolute atomic E-state index is 0.199. The standard InChI is InChI=1S/C10H21NO2/c1-5-8(2)6-10(3,7-11)9(12)13-4/h8H,5-7,11H2,1-4H3. The van der Waals surface area contributed by atoms with Crippen molar-refractivity contribution in [2.75, 3.05) is 13.7 Å². The first-order valence-electron chi connectivity index (χ1n) is 4.78. The summed E-state index contributed by atoms with van der Waals surface area (Å²) in [6, 6.07) is 0. The number of carbonyl (C=O) groups is 1. The SMILES string of the molecule is CCC(C)CC(C)(CN)C(=O)OC. The molecule has 0 aliphatic rings. The van der Waals surface area contributed by atoms with Crippen molar-refractivity contribution in [1.82, 2.24) is 0 Å². The van der Waals surface area contributed by atoms with Gasteiger partial charge in [0.2, 0.25) is 0 Å². The summed E-state index contributed by atoms with van der Waals surface area (Å²) in [7, 11) is 1.41. The number of esters is 1. The highest BCUT2D eigenvalue weighted by molar-refractivity contribution is 5.76. The molecule has 0 rings (SSSR count). The highest BCUT2D eigenvalue weighted by atomic mass is 16.5. The van der Waals surface area contributed by atoms with Crippen molar-refractivity contribution < 1.29 is 9.53 Å². The predicted octanol–water partition coefficient (Wildman–Crippen LogP) is 1.56. The maximum Gasteiger partial charge on any atom is 0.312 e. The molecule has 3 heteroatoms. The molecule has 0 amide bonds. The predicted molar refractivity (Wildman–Crippen MR) is 53.2 cm³/mol. The Bertz CT molecular complexity index is 170. The summed E-state index contributed by atoms with van der Waals surface area (Å²) >= 11 is 0. The van der Waals surface area contributed by atoms with Crippen molar-refractivity contribution in [1.29, 1.82) is 0 Å². The molecule has 13 heavy (non-hydrogen) atoms. The fourth-order valence-electron chi connectivity index (χ4n) is 1.41. The summed E-state index contributed by atoms with van der Waals surface area (Å²) < 4.78 is 4.73. The van der Waals surface area contributed by atoms with Crippen LogP contribution in [0.3, 0.4) is 0 Å². The van der Waals surface area contributed by atoms with Gasteiger partial charge in [0, 0.05) is 6.54 Å². The quantitative estimate of drug-likeness (QED) is 0.664. The summed E-state index contributed by atoms with van der Waals surface area (Å²) in [6.07, 6.45) is 1.86. The fraction of sp³-hybridized carbons (Fsp3) is 0.900. The zero-order valence-corrected chi connectivity index (χ0v) is 9.09. The van der Waals surface area contributed by atoms with Crippen molar-refractivity contribution >= 4 is 5.97 Å². The third kappa shape index (κ3) is 3.35. The van der Waals surface area contributed by atoms with Gasteiger partial charge in [-0.05, 0) is 19.3 Å². The van der Waals surface area contributed by atoms with Crippen LogP contribution < -0.4 is 5.73 Å². The van der Waals surface area contributed by atoms with Crippen LogP contribution in [0.4, 0.5) is 0 Å². The molecular formula is C10H21NO2. The molecule has 0 aromatic heterocycles. The van der Waals surface area contributed by atoms with E-state index < -0.39 is 5.41 Å². The Hall–Kier alpha value is -0.570. The van der Waals surface area contributed by atoms with Gasteiger partial charge >= 0.3 is 5.97 Å². The van der Waals surface area contributed by atoms with Gasteiger partial charge < -0.3 is 10.5 Å². The van der Waals surface area contributed by atoms with E-state index in [1.54, 1.807) is 0 Å². The minimum atomic E-state index is -0.510. The zero-order chi connectivity index (χ0) is 10.5. The molecular weight excluding hydrogens is 166 g/mol. The Morgan fingerprint density at radius 1 is 1.62 bits per heavy atom. The van der Waals surface area contributed by atoms with Crippen molar-refractivity contribution in [3.05, 3.63) is 0 Å². The van der Waals surface area contributed by atoms with Crippen LogP contribution in [0.5, 0.6) is 0 Å². The van der Waals surface area contributed by atoms with Gasteiger partial charge in [-0.3, -0.25) is 4.79 Å². The van der Waals surface area contributed by atoms with Crippen LogP contribution in [0.15, 0.2) is 0 Å². The van der Waals surface area contributed by atoms with E-state index in [4.69, 9.17) is 10.5 Å². The average Bonchev–Trinajstić information content (AvgIpc) is 2.15. The van der Waals surface area contributed by atoms with Gasteiger partial charge in [0.05, 0.1) is 12.5 Å². The van der Waals surface area contributed by atoms with E-state index in [1.807, 2.05) is 6.92 Å². The lowest BCUT2D eigenvalue weighted by Crippen LogP contribution is -2.38. The minimum Gasteiger partial charge on any atom is -0.469 e. The van der Waals surface area contributed by atoms with Crippen LogP contribution in [-0.4, -0.2) is 19.6 Å². The Morgan fingerprint density at radius 2 is 2.15 bits per heavy atom. The van der Waals surface area contributed by atoms with Crippen LogP contribution in [0, 0.1) is 11.3 Å². The van der Waals surface area contributed by atoms with Crippen LogP contribution >= 0.6 is 0 Å². The molecule has 0 spiro atoms. The monoisotopic (exact) mass is 187 g/mol. The van der Waals surface area contributed by atoms with Crippen LogP contribution in [0.25, 0.3) is 0 Å². The number of hydrogen-bond donors (Lipinski definition) is 1. The first-order valence-corrected chi connectivity index (χ1v) is 4.78. The van der Waals surface area contributed by atoms with Gasteiger partial charge in [-0.15, -0.1) is 0 Å². The summed E-state index contributed by atoms with van der Waals surface area (Å²) in [5.41, 5.74) is 5.08. The first-order chi connectivity index (χ1) is 6.00. The third-order valence-electron chi connectivity index (χ3n) is 2.62. The molecule has 0 saturated carbocycles. The highest BCUT2D eigenvalue weighted by Gasteiger charge is 2.33. The molecule has 3 nitrogen and oxygen atoms in total. The van der Waals surface area contributed by atoms with E-state index in [2.05, 4.69) is 13.8 Å². The largest absolute Gasteiger partial charge is 0.469 e. The van der Waals surface area contributed by atoms with Crippen molar-refractivity contribution in [2.24, 2.45) is 17.1 Å². The summed E-state index contributed by atoms with van der Waals surface area (Å²) in [5.74, 6) is 0.308. The van der Waals surface area contributed by atoms with Crippen molar-refractivity contribution in [3.63, 3.8) is 0 Å². The topological polar surface area (TPSA) is 52.3 Å². The molecule has 2 N–H and O–H groups in total. The molecule has 2 unspecified atom stereocenters. The molecule has 0 aliphatic carbocycles. The average molecular weight is 187 g/mol. The van der Waals surface area contributed by atoms with Crippen molar-refractivity contribution in [3.8, 4) is 0 Å². The second-order valence-corrected chi connectivity index (χ2v) is 3.97. The smallest absolute Gasteiger partial charge is 0.312 e. The summed E-state index contributed by atoms with van der Waals surface area (Å²) in [4.78, 5) is 11.4. The van der Waals surface area contributed by atoms with E-state index in [0.717, 1.165) is 12.8 Å². The lowest BCUT2D eigenvalue weighted by Gasteiger charge is -2.27. The molecule has 0 aliphatic heterocycles. The van der Waals surface area contributed by atoms with Gasteiger partial charge in [-0.25, -0.2) is 0 Å². The second kappa shape index (κ2) is 5.22. The lowest BCUT2D eigenvalue weighted by atomic mass is 9.81. The number of hydrogen-bond acceptors (Lipinski definition) is 3. The van der Waals surface area contributed by atoms with Crippen LogP contribution in [-0.2, 0) is 9.53 Å². The molecule has 0 heterocycles. The first kappa shape index (κ1) is 12.4. The fourth-order valence-corrected chi connectivity index (χ4v) is 1.41. The van der Waals surface area contributed by atoms with Gasteiger partial charge in [0.1, 0.15) is 0 Å². The van der Waals surface area contributed by atoms with Gasteiger partial charge in [-0.2, -0.15) is 0 Å². The van der Waals surface area contributed by atoms with E-state index in [-0.39, 0.29) is 5.97 Å². The van der Waals surface area contributed by atoms with Crippen molar-refractivity contribution in [2.45, 2.75) is 33.6 Å². The molecule has 2 atom stereocenters. The van der Waals surface area contributed by atoms with Gasteiger partial charge in [0.25, 0.3) is 0 Å². The normalized spacial score (nSPS) is 17.6. The zero-order valence-electron chi connectivity index (χ0n) is 9.09. The Kier molecular flexibility index (Phi) is 4.99.